The quantitative estimate of drug-likeness (QED) is 0.595. The smallest absolute Gasteiger partial charge is 0.261 e. The number of aryl methyl sites for hydroxylation is 1. The van der Waals surface area contributed by atoms with Crippen LogP contribution >= 0.6 is 11.6 Å². The van der Waals surface area contributed by atoms with E-state index in [1.165, 1.54) is 31.1 Å². The molecule has 3 aromatic rings. The van der Waals surface area contributed by atoms with E-state index in [2.05, 4.69) is 4.98 Å². The summed E-state index contributed by atoms with van der Waals surface area (Å²) in [4.78, 5) is 31.8. The molecule has 8 nitrogen and oxygen atoms in total. The number of benzene rings is 2. The highest BCUT2D eigenvalue weighted by Gasteiger charge is 2.26. The monoisotopic (exact) mass is 460 g/mol. The first-order valence-electron chi connectivity index (χ1n) is 9.69. The molecule has 1 aromatic heterocycles. The molecule has 31 heavy (non-hydrogen) atoms. The Morgan fingerprint density at radius 2 is 1.97 bits per heavy atom. The van der Waals surface area contributed by atoms with E-state index in [9.17, 15) is 18.0 Å². The van der Waals surface area contributed by atoms with Gasteiger partial charge in [0.1, 0.15) is 6.54 Å². The molecular weight excluding hydrogens is 440 g/mol. The summed E-state index contributed by atoms with van der Waals surface area (Å²) in [7, 11) is -0.599. The standard InChI is InChI=1S/C21H21ClN4O4S/c1-24(2)31(29,30)16-6-8-19-14(10-16)4-3-9-26(19)20(27)12-25-13-23-18-11-15(22)5-7-17(18)21(25)28/h5-8,10-11,13H,3-4,9,12H2,1-2H3. The van der Waals surface area contributed by atoms with E-state index in [-0.39, 0.29) is 22.9 Å². The molecule has 1 aliphatic heterocycles. The summed E-state index contributed by atoms with van der Waals surface area (Å²) in [5.41, 5.74) is 1.61. The molecular formula is C21H21ClN4O4S. The second-order valence-electron chi connectivity index (χ2n) is 7.57. The van der Waals surface area contributed by atoms with Crippen LogP contribution < -0.4 is 10.5 Å². The summed E-state index contributed by atoms with van der Waals surface area (Å²) in [6.07, 6.45) is 2.72. The Hall–Kier alpha value is -2.75. The van der Waals surface area contributed by atoms with E-state index in [4.69, 9.17) is 11.6 Å². The number of aromatic nitrogens is 2. The van der Waals surface area contributed by atoms with E-state index < -0.39 is 10.0 Å². The Kier molecular flexibility index (Phi) is 5.59. The minimum atomic E-state index is -3.56. The summed E-state index contributed by atoms with van der Waals surface area (Å²) in [6, 6.07) is 9.60. The second kappa shape index (κ2) is 8.07. The molecule has 4 rings (SSSR count). The Morgan fingerprint density at radius 1 is 1.19 bits per heavy atom. The van der Waals surface area contributed by atoms with Gasteiger partial charge in [0, 0.05) is 31.4 Å². The molecule has 0 aliphatic carbocycles. The van der Waals surface area contributed by atoms with Crippen LogP contribution in [0, 0.1) is 0 Å². The van der Waals surface area contributed by atoms with Crippen molar-refractivity contribution in [2.75, 3.05) is 25.5 Å². The Bertz CT molecular complexity index is 1350. The van der Waals surface area contributed by atoms with Crippen LogP contribution in [0.5, 0.6) is 0 Å². The summed E-state index contributed by atoms with van der Waals surface area (Å²) in [6.45, 7) is 0.332. The molecule has 2 heterocycles. The number of sulfonamides is 1. The summed E-state index contributed by atoms with van der Waals surface area (Å²) in [5, 5.41) is 0.867. The van der Waals surface area contributed by atoms with E-state index in [0.717, 1.165) is 9.87 Å². The third kappa shape index (κ3) is 3.96. The Labute approximate surface area is 184 Å². The molecule has 1 aliphatic rings. The van der Waals surface area contributed by atoms with Crippen LogP contribution in [0.1, 0.15) is 12.0 Å². The molecule has 0 spiro atoms. The third-order valence-corrected chi connectivity index (χ3v) is 7.39. The molecule has 10 heteroatoms. The van der Waals surface area contributed by atoms with Gasteiger partial charge in [0.05, 0.1) is 22.1 Å². The summed E-state index contributed by atoms with van der Waals surface area (Å²) < 4.78 is 27.3. The van der Waals surface area contributed by atoms with Crippen molar-refractivity contribution in [3.63, 3.8) is 0 Å². The van der Waals surface area contributed by atoms with Gasteiger partial charge >= 0.3 is 0 Å². The zero-order chi connectivity index (χ0) is 22.3. The van der Waals surface area contributed by atoms with Crippen molar-refractivity contribution >= 4 is 44.1 Å². The highest BCUT2D eigenvalue weighted by atomic mass is 35.5. The molecule has 0 bridgehead atoms. The fourth-order valence-corrected chi connectivity index (χ4v) is 4.80. The zero-order valence-electron chi connectivity index (χ0n) is 17.1. The van der Waals surface area contributed by atoms with Crippen LogP contribution in [0.2, 0.25) is 5.02 Å². The first-order chi connectivity index (χ1) is 14.7. The summed E-state index contributed by atoms with van der Waals surface area (Å²) in [5.74, 6) is -0.263. The topological polar surface area (TPSA) is 92.6 Å². The number of hydrogen-bond acceptors (Lipinski definition) is 5. The molecule has 2 aromatic carbocycles. The number of carbonyl (C=O) groups excluding carboxylic acids is 1. The van der Waals surface area contributed by atoms with Crippen LogP contribution in [0.15, 0.2) is 52.4 Å². The van der Waals surface area contributed by atoms with Crippen LogP contribution in [0.4, 0.5) is 5.69 Å². The largest absolute Gasteiger partial charge is 0.311 e. The molecule has 0 atom stereocenters. The third-order valence-electron chi connectivity index (χ3n) is 5.34. The van der Waals surface area contributed by atoms with Gasteiger partial charge in [0.15, 0.2) is 0 Å². The van der Waals surface area contributed by atoms with Crippen molar-refractivity contribution in [3.05, 3.63) is 63.7 Å². The Balaban J connectivity index is 1.64. The highest BCUT2D eigenvalue weighted by molar-refractivity contribution is 7.89. The lowest BCUT2D eigenvalue weighted by Gasteiger charge is -2.30. The van der Waals surface area contributed by atoms with Gasteiger partial charge in [-0.2, -0.15) is 0 Å². The van der Waals surface area contributed by atoms with E-state index >= 15 is 0 Å². The lowest BCUT2D eigenvalue weighted by atomic mass is 10.0. The molecule has 0 fully saturated rings. The zero-order valence-corrected chi connectivity index (χ0v) is 18.7. The lowest BCUT2D eigenvalue weighted by molar-refractivity contribution is -0.119. The predicted octanol–water partition coefficient (Wildman–Crippen LogP) is 2.28. The number of anilines is 1. The number of fused-ring (bicyclic) bond motifs is 2. The molecule has 1 amide bonds. The Morgan fingerprint density at radius 3 is 2.71 bits per heavy atom. The maximum Gasteiger partial charge on any atom is 0.261 e. The highest BCUT2D eigenvalue weighted by Crippen LogP contribution is 2.30. The average molecular weight is 461 g/mol. The number of nitrogens with zero attached hydrogens (tertiary/aromatic N) is 4. The number of rotatable bonds is 4. The van der Waals surface area contributed by atoms with Crippen LogP contribution in [0.25, 0.3) is 10.9 Å². The molecule has 0 saturated heterocycles. The summed E-state index contributed by atoms with van der Waals surface area (Å²) >= 11 is 5.95. The second-order valence-corrected chi connectivity index (χ2v) is 10.2. The van der Waals surface area contributed by atoms with Gasteiger partial charge in [-0.3, -0.25) is 14.2 Å². The fraction of sp³-hybridized carbons (Fsp3) is 0.286. The lowest BCUT2D eigenvalue weighted by Crippen LogP contribution is -2.39. The van der Waals surface area contributed by atoms with Gasteiger partial charge < -0.3 is 4.90 Å². The van der Waals surface area contributed by atoms with E-state index in [0.29, 0.717) is 41.0 Å². The SMILES string of the molecule is CN(C)S(=O)(=O)c1ccc2c(c1)CCCN2C(=O)Cn1cnc2cc(Cl)ccc2c1=O. The van der Waals surface area contributed by atoms with Gasteiger partial charge in [0.25, 0.3) is 5.56 Å². The number of carbonyl (C=O) groups is 1. The molecule has 0 radical (unpaired) electrons. The molecule has 162 valence electrons. The molecule has 0 unspecified atom stereocenters. The number of amides is 1. The van der Waals surface area contributed by atoms with E-state index in [1.807, 2.05) is 0 Å². The van der Waals surface area contributed by atoms with Crippen LogP contribution in [-0.2, 0) is 27.8 Å². The molecule has 0 saturated carbocycles. The van der Waals surface area contributed by atoms with Crippen molar-refractivity contribution in [1.82, 2.24) is 13.9 Å². The predicted molar refractivity (Wildman–Crippen MR) is 119 cm³/mol. The molecule has 0 N–H and O–H groups in total. The van der Waals surface area contributed by atoms with Gasteiger partial charge in [-0.05, 0) is 54.8 Å². The van der Waals surface area contributed by atoms with Gasteiger partial charge in [-0.1, -0.05) is 11.6 Å². The van der Waals surface area contributed by atoms with Crippen LogP contribution in [-0.4, -0.2) is 48.8 Å². The van der Waals surface area contributed by atoms with Crippen molar-refractivity contribution in [1.29, 1.82) is 0 Å². The number of halogens is 1. The van der Waals surface area contributed by atoms with E-state index in [1.54, 1.807) is 35.2 Å². The van der Waals surface area contributed by atoms with Gasteiger partial charge in [-0.15, -0.1) is 0 Å². The minimum Gasteiger partial charge on any atom is -0.311 e. The van der Waals surface area contributed by atoms with Gasteiger partial charge in [-0.25, -0.2) is 17.7 Å². The minimum absolute atomic E-state index is 0.165. The maximum absolute atomic E-state index is 13.1. The van der Waals surface area contributed by atoms with Gasteiger partial charge in [0.2, 0.25) is 15.9 Å². The van der Waals surface area contributed by atoms with Crippen LogP contribution in [0.3, 0.4) is 0 Å². The maximum atomic E-state index is 13.1. The normalized spacial score (nSPS) is 14.1. The van der Waals surface area contributed by atoms with Crippen molar-refractivity contribution in [3.8, 4) is 0 Å². The number of hydrogen-bond donors (Lipinski definition) is 0. The first kappa shape index (κ1) is 21.5. The van der Waals surface area contributed by atoms with Crippen molar-refractivity contribution in [2.24, 2.45) is 0 Å². The van der Waals surface area contributed by atoms with Crippen molar-refractivity contribution < 1.29 is 13.2 Å². The van der Waals surface area contributed by atoms with Crippen molar-refractivity contribution in [2.45, 2.75) is 24.3 Å². The first-order valence-corrected chi connectivity index (χ1v) is 11.5. The fourth-order valence-electron chi connectivity index (χ4n) is 3.68. The average Bonchev–Trinajstić information content (AvgIpc) is 2.74.